The number of hydrogen-bond acceptors (Lipinski definition) is 3. The lowest BCUT2D eigenvalue weighted by atomic mass is 10.1. The van der Waals surface area contributed by atoms with Crippen LogP contribution in [0.5, 0.6) is 0 Å². The van der Waals surface area contributed by atoms with Crippen LogP contribution in [0.4, 0.5) is 17.1 Å². The smallest absolute Gasteiger partial charge is 0.0727 e. The van der Waals surface area contributed by atoms with E-state index in [0.29, 0.717) is 15.7 Å². The predicted octanol–water partition coefficient (Wildman–Crippen LogP) is 5.18. The Morgan fingerprint density at radius 3 is 2.62 bits per heavy atom. The zero-order valence-electron chi connectivity index (χ0n) is 11.3. The molecule has 5 heteroatoms. The van der Waals surface area contributed by atoms with E-state index in [1.165, 1.54) is 0 Å². The number of benzene rings is 2. The molecular formula is C16H13Cl2N3. The first-order chi connectivity index (χ1) is 10.0. The van der Waals surface area contributed by atoms with E-state index in [0.717, 1.165) is 28.0 Å². The summed E-state index contributed by atoms with van der Waals surface area (Å²) in [6, 6.07) is 12.9. The van der Waals surface area contributed by atoms with Crippen molar-refractivity contribution < 1.29 is 0 Å². The Morgan fingerprint density at radius 1 is 1.00 bits per heavy atom. The highest BCUT2D eigenvalue weighted by Gasteiger charge is 2.08. The lowest BCUT2D eigenvalue weighted by Crippen LogP contribution is -1.96. The molecule has 0 amide bonds. The number of nitrogens with two attached hydrogens (primary N) is 1. The van der Waals surface area contributed by atoms with Crippen molar-refractivity contribution >= 4 is 51.2 Å². The third kappa shape index (κ3) is 2.89. The maximum atomic E-state index is 6.21. The summed E-state index contributed by atoms with van der Waals surface area (Å²) >= 11 is 12.2. The first-order valence-electron chi connectivity index (χ1n) is 6.42. The summed E-state index contributed by atoms with van der Waals surface area (Å²) in [5, 5.41) is 5.48. The molecule has 0 atom stereocenters. The van der Waals surface area contributed by atoms with E-state index < -0.39 is 0 Å². The molecule has 3 rings (SSSR count). The topological polar surface area (TPSA) is 50.9 Å². The van der Waals surface area contributed by atoms with Gasteiger partial charge in [-0.15, -0.1) is 0 Å². The van der Waals surface area contributed by atoms with Gasteiger partial charge in [-0.2, -0.15) is 0 Å². The van der Waals surface area contributed by atoms with E-state index in [1.54, 1.807) is 18.2 Å². The molecule has 0 aliphatic rings. The minimum Gasteiger partial charge on any atom is -0.399 e. The molecule has 0 saturated carbocycles. The van der Waals surface area contributed by atoms with Crippen molar-refractivity contribution in [2.24, 2.45) is 0 Å². The average molecular weight is 318 g/mol. The molecule has 2 aromatic carbocycles. The van der Waals surface area contributed by atoms with Gasteiger partial charge in [-0.25, -0.2) is 0 Å². The third-order valence-corrected chi connectivity index (χ3v) is 3.72. The van der Waals surface area contributed by atoms with E-state index in [1.807, 2.05) is 31.2 Å². The number of nitrogen functional groups attached to an aromatic ring is 1. The fourth-order valence-corrected chi connectivity index (χ4v) is 2.55. The van der Waals surface area contributed by atoms with Gasteiger partial charge in [-0.05, 0) is 49.4 Å². The van der Waals surface area contributed by atoms with Crippen LogP contribution >= 0.6 is 23.2 Å². The summed E-state index contributed by atoms with van der Waals surface area (Å²) in [6.45, 7) is 1.94. The SMILES string of the molecule is Cc1cc(Nc2cc(Cl)ccc2Cl)c2cc(N)ccc2n1. The van der Waals surface area contributed by atoms with E-state index >= 15 is 0 Å². The van der Waals surface area contributed by atoms with Gasteiger partial charge in [0.15, 0.2) is 0 Å². The van der Waals surface area contributed by atoms with E-state index in [4.69, 9.17) is 28.9 Å². The monoisotopic (exact) mass is 317 g/mol. The van der Waals surface area contributed by atoms with Crippen LogP contribution in [0.25, 0.3) is 10.9 Å². The van der Waals surface area contributed by atoms with Gasteiger partial charge in [0.25, 0.3) is 0 Å². The average Bonchev–Trinajstić information content (AvgIpc) is 2.43. The Hall–Kier alpha value is -1.97. The second-order valence-electron chi connectivity index (χ2n) is 4.84. The number of nitrogens with zero attached hydrogens (tertiary/aromatic N) is 1. The highest BCUT2D eigenvalue weighted by atomic mass is 35.5. The summed E-state index contributed by atoms with van der Waals surface area (Å²) in [5.74, 6) is 0. The minimum atomic E-state index is 0.603. The summed E-state index contributed by atoms with van der Waals surface area (Å²) in [5.41, 5.74) is 10.00. The second-order valence-corrected chi connectivity index (χ2v) is 5.68. The maximum absolute atomic E-state index is 6.21. The van der Waals surface area contributed by atoms with Crippen LogP contribution in [0.1, 0.15) is 5.69 Å². The third-order valence-electron chi connectivity index (χ3n) is 3.16. The van der Waals surface area contributed by atoms with Gasteiger partial charge in [-0.1, -0.05) is 23.2 Å². The van der Waals surface area contributed by atoms with E-state index in [9.17, 15) is 0 Å². The molecule has 21 heavy (non-hydrogen) atoms. The number of hydrogen-bond donors (Lipinski definition) is 2. The molecule has 0 bridgehead atoms. The largest absolute Gasteiger partial charge is 0.399 e. The molecule has 3 N–H and O–H groups in total. The Labute approximate surface area is 132 Å². The van der Waals surface area contributed by atoms with Crippen molar-refractivity contribution in [3.8, 4) is 0 Å². The van der Waals surface area contributed by atoms with Crippen LogP contribution in [-0.2, 0) is 0 Å². The molecule has 3 nitrogen and oxygen atoms in total. The quantitative estimate of drug-likeness (QED) is 0.640. The van der Waals surface area contributed by atoms with Gasteiger partial charge < -0.3 is 11.1 Å². The number of halogens is 2. The Morgan fingerprint density at radius 2 is 1.81 bits per heavy atom. The van der Waals surface area contributed by atoms with Crippen molar-refractivity contribution in [3.63, 3.8) is 0 Å². The molecule has 3 aromatic rings. The number of anilines is 3. The number of fused-ring (bicyclic) bond motifs is 1. The number of aromatic nitrogens is 1. The minimum absolute atomic E-state index is 0.603. The summed E-state index contributed by atoms with van der Waals surface area (Å²) in [7, 11) is 0. The van der Waals surface area contributed by atoms with Gasteiger partial charge in [-0.3, -0.25) is 4.98 Å². The van der Waals surface area contributed by atoms with Crippen molar-refractivity contribution in [3.05, 3.63) is 58.2 Å². The van der Waals surface area contributed by atoms with Crippen molar-refractivity contribution in [1.82, 2.24) is 4.98 Å². The van der Waals surface area contributed by atoms with Crippen LogP contribution < -0.4 is 11.1 Å². The van der Waals surface area contributed by atoms with Crippen molar-refractivity contribution in [1.29, 1.82) is 0 Å². The molecule has 0 radical (unpaired) electrons. The molecule has 0 unspecified atom stereocenters. The lowest BCUT2D eigenvalue weighted by molar-refractivity contribution is 1.25. The first-order valence-corrected chi connectivity index (χ1v) is 7.17. The molecule has 106 valence electrons. The lowest BCUT2D eigenvalue weighted by Gasteiger charge is -2.13. The number of aryl methyl sites for hydroxylation is 1. The van der Waals surface area contributed by atoms with Crippen LogP contribution in [0.2, 0.25) is 10.0 Å². The summed E-state index contributed by atoms with van der Waals surface area (Å²) in [6.07, 6.45) is 0. The molecule has 0 aliphatic heterocycles. The summed E-state index contributed by atoms with van der Waals surface area (Å²) in [4.78, 5) is 4.50. The maximum Gasteiger partial charge on any atom is 0.0727 e. The Bertz CT molecular complexity index is 831. The van der Waals surface area contributed by atoms with Crippen molar-refractivity contribution in [2.75, 3.05) is 11.1 Å². The zero-order chi connectivity index (χ0) is 15.0. The van der Waals surface area contributed by atoms with Crippen LogP contribution in [0.15, 0.2) is 42.5 Å². The normalized spacial score (nSPS) is 10.8. The predicted molar refractivity (Wildman–Crippen MR) is 90.6 cm³/mol. The van der Waals surface area contributed by atoms with Crippen molar-refractivity contribution in [2.45, 2.75) is 6.92 Å². The molecule has 1 heterocycles. The zero-order valence-corrected chi connectivity index (χ0v) is 12.8. The number of nitrogens with one attached hydrogen (secondary N) is 1. The number of pyridine rings is 1. The molecular weight excluding hydrogens is 305 g/mol. The molecule has 0 spiro atoms. The summed E-state index contributed by atoms with van der Waals surface area (Å²) < 4.78 is 0. The van der Waals surface area contributed by atoms with Gasteiger partial charge in [0, 0.05) is 27.5 Å². The van der Waals surface area contributed by atoms with Crippen LogP contribution in [0.3, 0.4) is 0 Å². The molecule has 0 saturated heterocycles. The Balaban J connectivity index is 2.15. The fraction of sp³-hybridized carbons (Fsp3) is 0.0625. The molecule has 0 fully saturated rings. The van der Waals surface area contributed by atoms with Gasteiger partial charge in [0.05, 0.1) is 16.2 Å². The highest BCUT2D eigenvalue weighted by molar-refractivity contribution is 6.35. The van der Waals surface area contributed by atoms with Gasteiger partial charge >= 0.3 is 0 Å². The second kappa shape index (κ2) is 5.43. The molecule has 0 aliphatic carbocycles. The van der Waals surface area contributed by atoms with Crippen LogP contribution in [-0.4, -0.2) is 4.98 Å². The Kier molecular flexibility index (Phi) is 3.62. The molecule has 1 aromatic heterocycles. The van der Waals surface area contributed by atoms with Gasteiger partial charge in [0.2, 0.25) is 0 Å². The highest BCUT2D eigenvalue weighted by Crippen LogP contribution is 2.32. The number of rotatable bonds is 2. The van der Waals surface area contributed by atoms with E-state index in [2.05, 4.69) is 10.3 Å². The standard InChI is InChI=1S/C16H13Cl2N3/c1-9-6-15(12-8-11(19)3-5-14(12)20-9)21-16-7-10(17)2-4-13(16)18/h2-8H,19H2,1H3,(H,20,21). The fourth-order valence-electron chi connectivity index (χ4n) is 2.22. The van der Waals surface area contributed by atoms with E-state index in [-0.39, 0.29) is 0 Å². The first kappa shape index (κ1) is 14.0. The van der Waals surface area contributed by atoms with Crippen LogP contribution in [0, 0.1) is 6.92 Å². The van der Waals surface area contributed by atoms with Gasteiger partial charge in [0.1, 0.15) is 0 Å².